The Morgan fingerprint density at radius 3 is 2.38 bits per heavy atom. The molecule has 1 saturated heterocycles. The zero-order chi connectivity index (χ0) is 16.1. The summed E-state index contributed by atoms with van der Waals surface area (Å²) in [4.78, 5) is 36.4. The van der Waals surface area contributed by atoms with Crippen LogP contribution in [0.25, 0.3) is 0 Å². The smallest absolute Gasteiger partial charge is 0.353 e. The van der Waals surface area contributed by atoms with Crippen molar-refractivity contribution in [3.05, 3.63) is 10.6 Å². The van der Waals surface area contributed by atoms with E-state index in [1.807, 2.05) is 0 Å². The third-order valence-corrected chi connectivity index (χ3v) is 5.42. The molecule has 0 spiro atoms. The molecule has 2 amide bonds. The number of carbonyl (C=O) groups is 3. The van der Waals surface area contributed by atoms with Crippen molar-refractivity contribution in [2.24, 2.45) is 17.6 Å². The van der Waals surface area contributed by atoms with E-state index in [0.717, 1.165) is 11.8 Å². The normalized spacial score (nSPS) is 30.8. The first kappa shape index (κ1) is 15.8. The van der Waals surface area contributed by atoms with Gasteiger partial charge in [-0.1, -0.05) is 6.92 Å². The molecule has 0 radical (unpaired) electrons. The van der Waals surface area contributed by atoms with E-state index in [4.69, 9.17) is 5.73 Å². The molecule has 0 aliphatic carbocycles. The van der Waals surface area contributed by atoms with Crippen LogP contribution in [-0.4, -0.2) is 50.3 Å². The maximum Gasteiger partial charge on any atom is 0.353 e. The fourth-order valence-electron chi connectivity index (χ4n) is 2.93. The largest absolute Gasteiger partial charge is 0.477 e. The van der Waals surface area contributed by atoms with E-state index in [0.29, 0.717) is 4.91 Å². The number of carboxylic acids is 1. The van der Waals surface area contributed by atoms with Crippen LogP contribution in [0.5, 0.6) is 0 Å². The van der Waals surface area contributed by atoms with Gasteiger partial charge in [0.25, 0.3) is 0 Å². The van der Waals surface area contributed by atoms with Gasteiger partial charge in [0, 0.05) is 10.8 Å². The van der Waals surface area contributed by atoms with Gasteiger partial charge in [0.2, 0.25) is 11.8 Å². The van der Waals surface area contributed by atoms with Crippen LogP contribution in [0.1, 0.15) is 20.8 Å². The Hall–Kier alpha value is -1.54. The molecule has 0 bridgehead atoms. The third kappa shape index (κ3) is 2.32. The highest BCUT2D eigenvalue weighted by Crippen LogP contribution is 2.51. The Morgan fingerprint density at radius 2 is 1.95 bits per heavy atom. The summed E-state index contributed by atoms with van der Waals surface area (Å²) >= 11 is 1.07. The predicted octanol–water partition coefficient (Wildman–Crippen LogP) is -0.253. The van der Waals surface area contributed by atoms with E-state index in [9.17, 15) is 24.6 Å². The number of thioether (sulfide) groups is 1. The molecule has 0 aromatic rings. The van der Waals surface area contributed by atoms with Gasteiger partial charge in [-0.25, -0.2) is 4.79 Å². The molecule has 4 N–H and O–H groups in total. The lowest BCUT2D eigenvalue weighted by Crippen LogP contribution is -2.63. The quantitative estimate of drug-likeness (QED) is 0.602. The molecule has 7 nitrogen and oxygen atoms in total. The predicted molar refractivity (Wildman–Crippen MR) is 75.9 cm³/mol. The number of aliphatic carboxylic acids is 1. The van der Waals surface area contributed by atoms with Gasteiger partial charge < -0.3 is 20.8 Å². The van der Waals surface area contributed by atoms with Gasteiger partial charge in [0.05, 0.1) is 23.3 Å². The highest BCUT2D eigenvalue weighted by molar-refractivity contribution is 8.04. The van der Waals surface area contributed by atoms with Gasteiger partial charge in [-0.2, -0.15) is 0 Å². The summed E-state index contributed by atoms with van der Waals surface area (Å²) in [6.45, 7) is 4.91. The molecule has 0 saturated carbocycles. The lowest BCUT2D eigenvalue weighted by Gasteiger charge is -2.46. The summed E-state index contributed by atoms with van der Waals surface area (Å²) in [5.74, 6) is -2.99. The molecular weight excluding hydrogens is 296 g/mol. The van der Waals surface area contributed by atoms with Crippen molar-refractivity contribution in [1.82, 2.24) is 4.90 Å². The molecule has 2 aliphatic rings. The molecular formula is C13H18N2O5S. The first-order valence-electron chi connectivity index (χ1n) is 6.63. The average Bonchev–Trinajstić information content (AvgIpc) is 2.59. The molecule has 2 heterocycles. The van der Waals surface area contributed by atoms with Gasteiger partial charge >= 0.3 is 5.97 Å². The van der Waals surface area contributed by atoms with E-state index in [1.165, 1.54) is 11.8 Å². The van der Waals surface area contributed by atoms with Crippen LogP contribution >= 0.6 is 11.8 Å². The number of amides is 2. The Morgan fingerprint density at radius 1 is 1.38 bits per heavy atom. The summed E-state index contributed by atoms with van der Waals surface area (Å²) < 4.78 is 0. The number of aliphatic hydroxyl groups is 1. The van der Waals surface area contributed by atoms with Crippen LogP contribution in [0.3, 0.4) is 0 Å². The van der Waals surface area contributed by atoms with Gasteiger partial charge in [-0.15, -0.1) is 11.8 Å². The van der Waals surface area contributed by atoms with Crippen molar-refractivity contribution in [3.8, 4) is 0 Å². The van der Waals surface area contributed by atoms with Crippen molar-refractivity contribution in [1.29, 1.82) is 0 Å². The zero-order valence-electron chi connectivity index (χ0n) is 11.9. The molecule has 0 unspecified atom stereocenters. The maximum atomic E-state index is 12.1. The maximum absolute atomic E-state index is 12.1. The third-order valence-electron chi connectivity index (χ3n) is 4.02. The van der Waals surface area contributed by atoms with E-state index >= 15 is 0 Å². The molecule has 8 heteroatoms. The average molecular weight is 314 g/mol. The highest BCUT2D eigenvalue weighted by atomic mass is 32.2. The fourth-order valence-corrected chi connectivity index (χ4v) is 4.08. The second kappa shape index (κ2) is 5.34. The van der Waals surface area contributed by atoms with Gasteiger partial charge in [-0.05, 0) is 13.8 Å². The molecule has 1 fully saturated rings. The zero-order valence-corrected chi connectivity index (χ0v) is 12.8. The lowest BCUT2D eigenvalue weighted by molar-refractivity contribution is -0.163. The number of nitrogens with zero attached hydrogens (tertiary/aromatic N) is 1. The first-order chi connectivity index (χ1) is 9.68. The van der Waals surface area contributed by atoms with E-state index in [1.54, 1.807) is 13.8 Å². The summed E-state index contributed by atoms with van der Waals surface area (Å²) in [6, 6.07) is -0.369. The monoisotopic (exact) mass is 314 g/mol. The minimum absolute atomic E-state index is 0.0903. The van der Waals surface area contributed by atoms with E-state index in [2.05, 4.69) is 0 Å². The highest BCUT2D eigenvalue weighted by Gasteiger charge is 2.60. The van der Waals surface area contributed by atoms with Crippen molar-refractivity contribution in [2.75, 3.05) is 0 Å². The minimum atomic E-state index is -1.21. The minimum Gasteiger partial charge on any atom is -0.477 e. The molecule has 0 aromatic heterocycles. The van der Waals surface area contributed by atoms with Crippen LogP contribution in [0.4, 0.5) is 0 Å². The molecule has 2 rings (SSSR count). The number of β-lactam (4-membered cyclic amide) rings is 1. The van der Waals surface area contributed by atoms with Crippen LogP contribution in [0, 0.1) is 11.8 Å². The first-order valence-corrected chi connectivity index (χ1v) is 7.51. The van der Waals surface area contributed by atoms with Crippen LogP contribution in [-0.2, 0) is 14.4 Å². The number of fused-ring (bicyclic) bond motifs is 1. The number of rotatable bonds is 5. The van der Waals surface area contributed by atoms with Crippen LogP contribution < -0.4 is 5.73 Å². The Balaban J connectivity index is 2.36. The molecule has 21 heavy (non-hydrogen) atoms. The lowest BCUT2D eigenvalue weighted by atomic mass is 9.79. The number of nitrogens with two attached hydrogens (primary N) is 1. The molecule has 5 atom stereocenters. The molecule has 0 aromatic carbocycles. The Kier molecular flexibility index (Phi) is 4.03. The SMILES string of the molecule is C[C@@H](SC1=C(C(=O)O)N2C(=O)[C@H]([C@@H](C)O)[C@H]2[C@H]1C)C(N)=O. The number of aliphatic hydroxyl groups excluding tert-OH is 1. The molecule has 2 aliphatic heterocycles. The number of hydrogen-bond acceptors (Lipinski definition) is 5. The van der Waals surface area contributed by atoms with Gasteiger partial charge in [0.15, 0.2) is 0 Å². The fraction of sp³-hybridized carbons (Fsp3) is 0.615. The van der Waals surface area contributed by atoms with Crippen molar-refractivity contribution >= 4 is 29.5 Å². The van der Waals surface area contributed by atoms with E-state index in [-0.39, 0.29) is 23.6 Å². The van der Waals surface area contributed by atoms with Crippen molar-refractivity contribution in [3.63, 3.8) is 0 Å². The second-order valence-electron chi connectivity index (χ2n) is 5.43. The van der Waals surface area contributed by atoms with E-state index < -0.39 is 29.1 Å². The van der Waals surface area contributed by atoms with Gasteiger partial charge in [0.1, 0.15) is 5.70 Å². The number of hydrogen-bond donors (Lipinski definition) is 3. The van der Waals surface area contributed by atoms with Crippen LogP contribution in [0.15, 0.2) is 10.6 Å². The molecule has 116 valence electrons. The summed E-state index contributed by atoms with van der Waals surface area (Å²) in [5, 5.41) is 18.5. The number of carboxylic acid groups (broad SMARTS) is 1. The summed E-state index contributed by atoms with van der Waals surface area (Å²) in [5.41, 5.74) is 5.13. The summed E-state index contributed by atoms with van der Waals surface area (Å²) in [7, 11) is 0. The second-order valence-corrected chi connectivity index (χ2v) is 6.82. The van der Waals surface area contributed by atoms with Crippen molar-refractivity contribution < 1.29 is 24.6 Å². The van der Waals surface area contributed by atoms with Gasteiger partial charge in [-0.3, -0.25) is 9.59 Å². The Bertz CT molecular complexity index is 545. The topological polar surface area (TPSA) is 121 Å². The van der Waals surface area contributed by atoms with Crippen LogP contribution in [0.2, 0.25) is 0 Å². The summed E-state index contributed by atoms with van der Waals surface area (Å²) in [6.07, 6.45) is -0.839. The number of carbonyl (C=O) groups excluding carboxylic acids is 2. The van der Waals surface area contributed by atoms with Crippen molar-refractivity contribution in [2.45, 2.75) is 38.2 Å². The standard InChI is InChI=1S/C13H18N2O5S/c1-4-8-7(5(2)16)12(18)15(8)9(13(19)20)10(4)21-6(3)11(14)17/h4-8,16H,1-3H3,(H2,14,17)(H,19,20)/t4-,5-,6-,7-,8-/m1/s1. The number of primary amides is 1. The Labute approximate surface area is 126 Å².